The molecule has 0 spiro atoms. The lowest BCUT2D eigenvalue weighted by atomic mass is 10.0. The first-order chi connectivity index (χ1) is 8.68. The number of aliphatic carboxylic acids is 1. The minimum absolute atomic E-state index is 0.0497. The molecule has 5 nitrogen and oxygen atoms in total. The van der Waals surface area contributed by atoms with Crippen LogP contribution in [0.5, 0.6) is 0 Å². The summed E-state index contributed by atoms with van der Waals surface area (Å²) in [7, 11) is 0. The Balaban J connectivity index is 3.89. The van der Waals surface area contributed by atoms with Crippen LogP contribution in [0.25, 0.3) is 0 Å². The van der Waals surface area contributed by atoms with E-state index in [4.69, 9.17) is 5.11 Å². The molecule has 0 bridgehead atoms. The Morgan fingerprint density at radius 2 is 1.79 bits per heavy atom. The molecule has 0 aliphatic rings. The Hall–Kier alpha value is -1.26. The minimum atomic E-state index is -0.761. The Labute approximate surface area is 116 Å². The number of carboxylic acids is 1. The van der Waals surface area contributed by atoms with E-state index in [2.05, 4.69) is 10.6 Å². The molecule has 0 aromatic carbocycles. The third-order valence-electron chi connectivity index (χ3n) is 3.41. The zero-order valence-electron chi connectivity index (χ0n) is 12.7. The highest BCUT2D eigenvalue weighted by atomic mass is 16.4. The van der Waals surface area contributed by atoms with Gasteiger partial charge in [-0.2, -0.15) is 0 Å². The number of rotatable bonds is 8. The van der Waals surface area contributed by atoms with E-state index >= 15 is 0 Å². The Bertz CT molecular complexity index is 303. The first-order valence-corrected chi connectivity index (χ1v) is 6.99. The number of amides is 2. The number of nitrogens with one attached hydrogen (secondary N) is 2. The molecular weight excluding hydrogens is 244 g/mol. The van der Waals surface area contributed by atoms with Crippen LogP contribution >= 0.6 is 0 Å². The smallest absolute Gasteiger partial charge is 0.315 e. The van der Waals surface area contributed by atoms with E-state index in [1.807, 2.05) is 27.7 Å². The highest BCUT2D eigenvalue weighted by Gasteiger charge is 2.18. The first kappa shape index (κ1) is 17.7. The van der Waals surface area contributed by atoms with Crippen molar-refractivity contribution in [1.29, 1.82) is 0 Å². The lowest BCUT2D eigenvalue weighted by Crippen LogP contribution is -2.50. The van der Waals surface area contributed by atoms with Gasteiger partial charge in [0.15, 0.2) is 0 Å². The van der Waals surface area contributed by atoms with Crippen LogP contribution in [0.2, 0.25) is 0 Å². The van der Waals surface area contributed by atoms with Gasteiger partial charge in [-0.25, -0.2) is 4.79 Å². The van der Waals surface area contributed by atoms with Crippen LogP contribution in [-0.4, -0.2) is 28.7 Å². The largest absolute Gasteiger partial charge is 0.481 e. The van der Waals surface area contributed by atoms with E-state index in [1.165, 1.54) is 0 Å². The second-order valence-corrected chi connectivity index (χ2v) is 5.91. The van der Waals surface area contributed by atoms with E-state index in [-0.39, 0.29) is 23.5 Å². The molecule has 0 aromatic heterocycles. The first-order valence-electron chi connectivity index (χ1n) is 6.99. The Kier molecular flexibility index (Phi) is 7.49. The van der Waals surface area contributed by atoms with E-state index in [0.717, 1.165) is 19.3 Å². The van der Waals surface area contributed by atoms with Gasteiger partial charge in [0.05, 0.1) is 5.92 Å². The maximum atomic E-state index is 11.7. The third-order valence-corrected chi connectivity index (χ3v) is 3.41. The maximum Gasteiger partial charge on any atom is 0.315 e. The van der Waals surface area contributed by atoms with Gasteiger partial charge >= 0.3 is 12.0 Å². The minimum Gasteiger partial charge on any atom is -0.481 e. The number of urea groups is 1. The molecule has 0 fully saturated rings. The Morgan fingerprint density at radius 3 is 2.26 bits per heavy atom. The normalized spacial score (nSPS) is 14.6. The second kappa shape index (κ2) is 8.02. The van der Waals surface area contributed by atoms with Crippen molar-refractivity contribution in [1.82, 2.24) is 10.6 Å². The average molecular weight is 272 g/mol. The van der Waals surface area contributed by atoms with Crippen molar-refractivity contribution in [3.63, 3.8) is 0 Å². The quantitative estimate of drug-likeness (QED) is 0.635. The topological polar surface area (TPSA) is 78.4 Å². The van der Waals surface area contributed by atoms with E-state index in [9.17, 15) is 9.59 Å². The molecule has 0 saturated carbocycles. The SMILES string of the molecule is CCC(C)(C)NC(=O)NC(C)CCCC(C)C(=O)O. The molecule has 0 radical (unpaired) electrons. The molecule has 0 heterocycles. The third kappa shape index (κ3) is 8.46. The molecule has 0 saturated heterocycles. The number of carbonyl (C=O) groups excluding carboxylic acids is 1. The number of carbonyl (C=O) groups is 2. The molecule has 112 valence electrons. The van der Waals surface area contributed by atoms with Crippen LogP contribution < -0.4 is 10.6 Å². The highest BCUT2D eigenvalue weighted by molar-refractivity contribution is 5.75. The van der Waals surface area contributed by atoms with Crippen molar-refractivity contribution in [2.45, 2.75) is 71.9 Å². The molecule has 2 atom stereocenters. The zero-order valence-corrected chi connectivity index (χ0v) is 12.7. The summed E-state index contributed by atoms with van der Waals surface area (Å²) in [6.07, 6.45) is 3.10. The summed E-state index contributed by atoms with van der Waals surface area (Å²) in [4.78, 5) is 22.4. The Morgan fingerprint density at radius 1 is 1.21 bits per heavy atom. The zero-order chi connectivity index (χ0) is 15.1. The summed E-state index contributed by atoms with van der Waals surface area (Å²) < 4.78 is 0. The fraction of sp³-hybridized carbons (Fsp3) is 0.857. The van der Waals surface area contributed by atoms with E-state index < -0.39 is 5.97 Å². The molecule has 0 aliphatic carbocycles. The van der Waals surface area contributed by atoms with Crippen molar-refractivity contribution in [2.75, 3.05) is 0 Å². The molecule has 2 unspecified atom stereocenters. The lowest BCUT2D eigenvalue weighted by Gasteiger charge is -2.26. The van der Waals surface area contributed by atoms with Crippen LogP contribution in [0, 0.1) is 5.92 Å². The average Bonchev–Trinajstić information content (AvgIpc) is 2.27. The van der Waals surface area contributed by atoms with Crippen LogP contribution in [-0.2, 0) is 4.79 Å². The van der Waals surface area contributed by atoms with Gasteiger partial charge in [-0.05, 0) is 40.0 Å². The number of carboxylic acid groups (broad SMARTS) is 1. The van der Waals surface area contributed by atoms with Gasteiger partial charge in [-0.1, -0.05) is 20.3 Å². The van der Waals surface area contributed by atoms with Gasteiger partial charge in [0.25, 0.3) is 0 Å². The van der Waals surface area contributed by atoms with Gasteiger partial charge in [-0.15, -0.1) is 0 Å². The van der Waals surface area contributed by atoms with Crippen molar-refractivity contribution in [3.05, 3.63) is 0 Å². The predicted molar refractivity (Wildman–Crippen MR) is 76.2 cm³/mol. The summed E-state index contributed by atoms with van der Waals surface area (Å²) in [5, 5.41) is 14.6. The molecule has 3 N–H and O–H groups in total. The molecule has 0 rings (SSSR count). The summed E-state index contributed by atoms with van der Waals surface area (Å²) in [6.45, 7) is 9.62. The van der Waals surface area contributed by atoms with Gasteiger partial charge in [0.2, 0.25) is 0 Å². The van der Waals surface area contributed by atoms with Crippen molar-refractivity contribution in [3.8, 4) is 0 Å². The summed E-state index contributed by atoms with van der Waals surface area (Å²) >= 11 is 0. The van der Waals surface area contributed by atoms with Gasteiger partial charge < -0.3 is 15.7 Å². The highest BCUT2D eigenvalue weighted by Crippen LogP contribution is 2.10. The summed E-state index contributed by atoms with van der Waals surface area (Å²) in [5.41, 5.74) is -0.207. The fourth-order valence-corrected chi connectivity index (χ4v) is 1.58. The molecule has 0 aromatic rings. The van der Waals surface area contributed by atoms with Crippen molar-refractivity contribution < 1.29 is 14.7 Å². The van der Waals surface area contributed by atoms with Gasteiger partial charge in [0, 0.05) is 11.6 Å². The molecule has 2 amide bonds. The van der Waals surface area contributed by atoms with Gasteiger partial charge in [-0.3, -0.25) is 4.79 Å². The van der Waals surface area contributed by atoms with Crippen LogP contribution in [0.3, 0.4) is 0 Å². The van der Waals surface area contributed by atoms with Crippen LogP contribution in [0.4, 0.5) is 4.79 Å². The molecule has 5 heteroatoms. The fourth-order valence-electron chi connectivity index (χ4n) is 1.58. The van der Waals surface area contributed by atoms with Crippen molar-refractivity contribution in [2.24, 2.45) is 5.92 Å². The summed E-state index contributed by atoms with van der Waals surface area (Å²) in [5.74, 6) is -1.08. The van der Waals surface area contributed by atoms with Crippen molar-refractivity contribution >= 4 is 12.0 Å². The molecular formula is C14H28N2O3. The molecule has 19 heavy (non-hydrogen) atoms. The molecule has 0 aliphatic heterocycles. The lowest BCUT2D eigenvalue weighted by molar-refractivity contribution is -0.141. The maximum absolute atomic E-state index is 11.7. The number of hydrogen-bond acceptors (Lipinski definition) is 2. The predicted octanol–water partition coefficient (Wildman–Crippen LogP) is 2.75. The monoisotopic (exact) mass is 272 g/mol. The van der Waals surface area contributed by atoms with Crippen LogP contribution in [0.15, 0.2) is 0 Å². The van der Waals surface area contributed by atoms with E-state index in [1.54, 1.807) is 6.92 Å². The number of hydrogen-bond donors (Lipinski definition) is 3. The van der Waals surface area contributed by atoms with E-state index in [0.29, 0.717) is 6.42 Å². The second-order valence-electron chi connectivity index (χ2n) is 5.91. The standard InChI is InChI=1S/C14H28N2O3/c1-6-14(4,5)16-13(19)15-11(3)9-7-8-10(2)12(17)18/h10-11H,6-9H2,1-5H3,(H,17,18)(H2,15,16,19). The summed E-state index contributed by atoms with van der Waals surface area (Å²) in [6, 6.07) is -0.112. The van der Waals surface area contributed by atoms with Gasteiger partial charge in [0.1, 0.15) is 0 Å². The van der Waals surface area contributed by atoms with Crippen LogP contribution in [0.1, 0.15) is 60.3 Å².